The Balaban J connectivity index is 2.38. The highest BCUT2D eigenvalue weighted by Crippen LogP contribution is 2.24. The molecule has 74 valence electrons. The third-order valence-corrected chi connectivity index (χ3v) is 1.83. The van der Waals surface area contributed by atoms with Crippen molar-refractivity contribution < 1.29 is 5.11 Å². The van der Waals surface area contributed by atoms with Crippen LogP contribution in [0.3, 0.4) is 0 Å². The maximum Gasteiger partial charge on any atom is 0.208 e. The summed E-state index contributed by atoms with van der Waals surface area (Å²) < 4.78 is 0. The van der Waals surface area contributed by atoms with Gasteiger partial charge in [-0.05, 0) is 17.3 Å². The Morgan fingerprint density at radius 3 is 2.93 bits per heavy atom. The molecule has 0 amide bonds. The van der Waals surface area contributed by atoms with E-state index in [2.05, 4.69) is 21.3 Å². The third-order valence-electron chi connectivity index (χ3n) is 1.83. The SMILES string of the molecule is C#CCn1nnc(-c2ccccc2O)n1. The Hall–Kier alpha value is -2.35. The summed E-state index contributed by atoms with van der Waals surface area (Å²) in [7, 11) is 0. The van der Waals surface area contributed by atoms with Crippen molar-refractivity contribution in [1.29, 1.82) is 0 Å². The number of phenolic OH excluding ortho intramolecular Hbond substituents is 1. The number of aromatic nitrogens is 4. The Kier molecular flexibility index (Phi) is 2.33. The van der Waals surface area contributed by atoms with Crippen LogP contribution in [0, 0.1) is 12.3 Å². The molecule has 1 aromatic carbocycles. The van der Waals surface area contributed by atoms with E-state index in [1.54, 1.807) is 24.3 Å². The molecule has 5 heteroatoms. The molecule has 0 aliphatic rings. The number of rotatable bonds is 2. The molecule has 1 heterocycles. The highest BCUT2D eigenvalue weighted by Gasteiger charge is 2.08. The summed E-state index contributed by atoms with van der Waals surface area (Å²) in [5.74, 6) is 2.89. The summed E-state index contributed by atoms with van der Waals surface area (Å²) in [6.07, 6.45) is 5.11. The lowest BCUT2D eigenvalue weighted by Gasteiger charge is -1.96. The monoisotopic (exact) mass is 200 g/mol. The number of hydrogen-bond donors (Lipinski definition) is 1. The smallest absolute Gasteiger partial charge is 0.208 e. The van der Waals surface area contributed by atoms with Crippen LogP contribution in [0.15, 0.2) is 24.3 Å². The van der Waals surface area contributed by atoms with E-state index in [4.69, 9.17) is 6.42 Å². The standard InChI is InChI=1S/C10H8N4O/c1-2-7-14-12-10(11-13-14)8-5-3-4-6-9(8)15/h1,3-6,15H,7H2. The lowest BCUT2D eigenvalue weighted by atomic mass is 10.2. The van der Waals surface area contributed by atoms with Gasteiger partial charge in [0, 0.05) is 0 Å². The van der Waals surface area contributed by atoms with Crippen molar-refractivity contribution in [2.45, 2.75) is 6.54 Å². The minimum absolute atomic E-state index is 0.123. The van der Waals surface area contributed by atoms with Gasteiger partial charge in [-0.15, -0.1) is 16.6 Å². The zero-order chi connectivity index (χ0) is 10.7. The van der Waals surface area contributed by atoms with Crippen LogP contribution in [0.2, 0.25) is 0 Å². The Morgan fingerprint density at radius 2 is 2.20 bits per heavy atom. The molecule has 0 aliphatic carbocycles. The van der Waals surface area contributed by atoms with Crippen molar-refractivity contribution in [3.05, 3.63) is 24.3 Å². The van der Waals surface area contributed by atoms with Crippen LogP contribution in [0.25, 0.3) is 11.4 Å². The molecule has 0 radical (unpaired) electrons. The van der Waals surface area contributed by atoms with Gasteiger partial charge in [-0.25, -0.2) is 0 Å². The number of terminal acetylenes is 1. The van der Waals surface area contributed by atoms with E-state index in [-0.39, 0.29) is 12.3 Å². The fraction of sp³-hybridized carbons (Fsp3) is 0.100. The van der Waals surface area contributed by atoms with Gasteiger partial charge in [0.1, 0.15) is 12.3 Å². The molecular formula is C10H8N4O. The van der Waals surface area contributed by atoms with Gasteiger partial charge in [0.15, 0.2) is 0 Å². The van der Waals surface area contributed by atoms with Crippen LogP contribution in [0.5, 0.6) is 5.75 Å². The number of benzene rings is 1. The lowest BCUT2D eigenvalue weighted by molar-refractivity contribution is 0.477. The van der Waals surface area contributed by atoms with Crippen LogP contribution in [0.4, 0.5) is 0 Å². The zero-order valence-electron chi connectivity index (χ0n) is 7.83. The first-order chi connectivity index (χ1) is 7.31. The van der Waals surface area contributed by atoms with Crippen molar-refractivity contribution in [1.82, 2.24) is 20.2 Å². The van der Waals surface area contributed by atoms with E-state index in [1.807, 2.05) is 0 Å². The van der Waals surface area contributed by atoms with E-state index in [0.717, 1.165) is 0 Å². The summed E-state index contributed by atoms with van der Waals surface area (Å²) in [5.41, 5.74) is 0.542. The maximum atomic E-state index is 9.55. The molecule has 15 heavy (non-hydrogen) atoms. The van der Waals surface area contributed by atoms with Crippen molar-refractivity contribution in [3.63, 3.8) is 0 Å². The van der Waals surface area contributed by atoms with Gasteiger partial charge in [-0.3, -0.25) is 0 Å². The van der Waals surface area contributed by atoms with Crippen LogP contribution in [0.1, 0.15) is 0 Å². The van der Waals surface area contributed by atoms with Gasteiger partial charge in [-0.2, -0.15) is 4.80 Å². The molecule has 0 spiro atoms. The average molecular weight is 200 g/mol. The number of para-hydroxylation sites is 1. The van der Waals surface area contributed by atoms with Crippen molar-refractivity contribution in [2.24, 2.45) is 0 Å². The highest BCUT2D eigenvalue weighted by molar-refractivity contribution is 5.62. The summed E-state index contributed by atoms with van der Waals surface area (Å²) in [6, 6.07) is 6.80. The molecule has 0 saturated heterocycles. The fourth-order valence-electron chi connectivity index (χ4n) is 1.16. The zero-order valence-corrected chi connectivity index (χ0v) is 7.83. The number of aromatic hydroxyl groups is 1. The predicted molar refractivity (Wildman–Crippen MR) is 53.8 cm³/mol. The highest BCUT2D eigenvalue weighted by atomic mass is 16.3. The van der Waals surface area contributed by atoms with Gasteiger partial charge in [0.2, 0.25) is 5.82 Å². The second-order valence-electron chi connectivity index (χ2n) is 2.86. The molecule has 0 bridgehead atoms. The normalized spacial score (nSPS) is 9.80. The molecule has 2 rings (SSSR count). The van der Waals surface area contributed by atoms with E-state index in [0.29, 0.717) is 11.4 Å². The molecular weight excluding hydrogens is 192 g/mol. The Morgan fingerprint density at radius 1 is 1.40 bits per heavy atom. The quantitative estimate of drug-likeness (QED) is 0.724. The van der Waals surface area contributed by atoms with Crippen LogP contribution in [-0.4, -0.2) is 25.3 Å². The molecule has 0 atom stereocenters. The molecule has 0 saturated carbocycles. The maximum absolute atomic E-state index is 9.55. The molecule has 5 nitrogen and oxygen atoms in total. The summed E-state index contributed by atoms with van der Waals surface area (Å²) in [6.45, 7) is 0.264. The number of phenols is 1. The van der Waals surface area contributed by atoms with Gasteiger partial charge in [0.05, 0.1) is 5.56 Å². The minimum atomic E-state index is 0.123. The molecule has 0 fully saturated rings. The number of tetrazole rings is 1. The van der Waals surface area contributed by atoms with Crippen LogP contribution >= 0.6 is 0 Å². The third kappa shape index (κ3) is 1.79. The summed E-state index contributed by atoms with van der Waals surface area (Å²) in [4.78, 5) is 1.29. The number of hydrogen-bond acceptors (Lipinski definition) is 4. The molecule has 0 aliphatic heterocycles. The van der Waals surface area contributed by atoms with Gasteiger partial charge in [0.25, 0.3) is 0 Å². The molecule has 0 unspecified atom stereocenters. The molecule has 2 aromatic rings. The Bertz CT molecular complexity index is 512. The van der Waals surface area contributed by atoms with Gasteiger partial charge >= 0.3 is 0 Å². The second kappa shape index (κ2) is 3.80. The van der Waals surface area contributed by atoms with Crippen LogP contribution in [-0.2, 0) is 6.54 Å². The Labute approximate surface area is 86.4 Å². The largest absolute Gasteiger partial charge is 0.507 e. The number of nitrogens with zero attached hydrogens (tertiary/aromatic N) is 4. The van der Waals surface area contributed by atoms with Gasteiger partial charge < -0.3 is 5.11 Å². The second-order valence-corrected chi connectivity index (χ2v) is 2.86. The van der Waals surface area contributed by atoms with E-state index >= 15 is 0 Å². The van der Waals surface area contributed by atoms with E-state index < -0.39 is 0 Å². The predicted octanol–water partition coefficient (Wildman–Crippen LogP) is 0.679. The molecule has 1 N–H and O–H groups in total. The van der Waals surface area contributed by atoms with E-state index in [9.17, 15) is 5.11 Å². The van der Waals surface area contributed by atoms with Crippen molar-refractivity contribution in [3.8, 4) is 29.5 Å². The van der Waals surface area contributed by atoms with Crippen molar-refractivity contribution in [2.75, 3.05) is 0 Å². The topological polar surface area (TPSA) is 63.8 Å². The summed E-state index contributed by atoms with van der Waals surface area (Å²) in [5, 5.41) is 21.1. The first-order valence-electron chi connectivity index (χ1n) is 4.31. The van der Waals surface area contributed by atoms with Crippen LogP contribution < -0.4 is 0 Å². The minimum Gasteiger partial charge on any atom is -0.507 e. The first-order valence-corrected chi connectivity index (χ1v) is 4.31. The van der Waals surface area contributed by atoms with Gasteiger partial charge in [-0.1, -0.05) is 18.1 Å². The average Bonchev–Trinajstić information content (AvgIpc) is 2.68. The first kappa shape index (κ1) is 9.21. The lowest BCUT2D eigenvalue weighted by Crippen LogP contribution is -1.99. The molecule has 1 aromatic heterocycles. The van der Waals surface area contributed by atoms with E-state index in [1.165, 1.54) is 4.80 Å². The van der Waals surface area contributed by atoms with Crippen molar-refractivity contribution >= 4 is 0 Å². The fourth-order valence-corrected chi connectivity index (χ4v) is 1.16. The summed E-state index contributed by atoms with van der Waals surface area (Å²) >= 11 is 0.